The average molecular weight is 307 g/mol. The van der Waals surface area contributed by atoms with Crippen LogP contribution in [0.25, 0.3) is 10.9 Å². The van der Waals surface area contributed by atoms with Crippen molar-refractivity contribution >= 4 is 32.5 Å². The largest absolute Gasteiger partial charge is 0.494 e. The second-order valence-electron chi connectivity index (χ2n) is 4.59. The Morgan fingerprint density at radius 1 is 1.39 bits per heavy atom. The van der Waals surface area contributed by atoms with Gasteiger partial charge in [-0.1, -0.05) is 15.9 Å². The first-order chi connectivity index (χ1) is 8.74. The molecule has 1 aliphatic carbocycles. The molecule has 0 bridgehead atoms. The molecule has 0 radical (unpaired) electrons. The summed E-state index contributed by atoms with van der Waals surface area (Å²) in [7, 11) is 3.63. The second kappa shape index (κ2) is 4.43. The molecule has 3 nitrogen and oxygen atoms in total. The van der Waals surface area contributed by atoms with E-state index in [0.717, 1.165) is 26.8 Å². The number of methoxy groups -OCH3 is 1. The fourth-order valence-electron chi connectivity index (χ4n) is 2.25. The molecule has 2 aromatic rings. The van der Waals surface area contributed by atoms with Gasteiger partial charge in [-0.2, -0.15) is 0 Å². The number of aromatic nitrogens is 1. The van der Waals surface area contributed by atoms with E-state index < -0.39 is 0 Å². The first kappa shape index (κ1) is 11.8. The Morgan fingerprint density at radius 3 is 2.78 bits per heavy atom. The number of hydrogen-bond donors (Lipinski definition) is 1. The van der Waals surface area contributed by atoms with Gasteiger partial charge in [0.05, 0.1) is 7.11 Å². The van der Waals surface area contributed by atoms with E-state index in [4.69, 9.17) is 9.72 Å². The quantitative estimate of drug-likeness (QED) is 0.933. The monoisotopic (exact) mass is 306 g/mol. The molecule has 18 heavy (non-hydrogen) atoms. The van der Waals surface area contributed by atoms with Crippen LogP contribution in [-0.2, 0) is 0 Å². The zero-order valence-electron chi connectivity index (χ0n) is 10.5. The van der Waals surface area contributed by atoms with Gasteiger partial charge in [-0.25, -0.2) is 4.98 Å². The fourth-order valence-corrected chi connectivity index (χ4v) is 2.78. The molecule has 0 atom stereocenters. The number of ether oxygens (including phenoxy) is 1. The summed E-state index contributed by atoms with van der Waals surface area (Å²) >= 11 is 3.59. The maximum atomic E-state index is 5.43. The number of nitrogens with one attached hydrogen (secondary N) is 1. The number of pyridine rings is 1. The Hall–Kier alpha value is -1.29. The number of benzene rings is 1. The summed E-state index contributed by atoms with van der Waals surface area (Å²) in [6.07, 6.45) is 2.50. The van der Waals surface area contributed by atoms with E-state index in [1.54, 1.807) is 7.11 Å². The SMILES string of the molecule is CNc1cc(C2CC2)nc2c(OC)ccc(Br)c12. The standard InChI is InChI=1S/C14H15BrN2O/c1-16-11-7-10(8-3-4-8)17-14-12(18-2)6-5-9(15)13(11)14/h5-8H,3-4H2,1-2H3,(H,16,17). The zero-order chi connectivity index (χ0) is 12.7. The molecule has 1 aliphatic rings. The van der Waals surface area contributed by atoms with Gasteiger partial charge in [0, 0.05) is 34.2 Å². The molecule has 1 heterocycles. The Labute approximate surface area is 115 Å². The summed E-state index contributed by atoms with van der Waals surface area (Å²) in [6, 6.07) is 6.11. The minimum atomic E-state index is 0.630. The van der Waals surface area contributed by atoms with Gasteiger partial charge in [-0.05, 0) is 31.0 Å². The summed E-state index contributed by atoms with van der Waals surface area (Å²) in [4.78, 5) is 4.78. The minimum absolute atomic E-state index is 0.630. The predicted molar refractivity (Wildman–Crippen MR) is 77.5 cm³/mol. The highest BCUT2D eigenvalue weighted by molar-refractivity contribution is 9.10. The fraction of sp³-hybridized carbons (Fsp3) is 0.357. The summed E-state index contributed by atoms with van der Waals surface area (Å²) < 4.78 is 6.47. The maximum absolute atomic E-state index is 5.43. The summed E-state index contributed by atoms with van der Waals surface area (Å²) in [5, 5.41) is 4.34. The molecule has 3 rings (SSSR count). The third-order valence-corrected chi connectivity index (χ3v) is 4.04. The highest BCUT2D eigenvalue weighted by atomic mass is 79.9. The molecular weight excluding hydrogens is 292 g/mol. The highest BCUT2D eigenvalue weighted by Gasteiger charge is 2.26. The number of halogens is 1. The van der Waals surface area contributed by atoms with Crippen molar-refractivity contribution < 1.29 is 4.74 Å². The molecule has 0 unspecified atom stereocenters. The van der Waals surface area contributed by atoms with Crippen molar-refractivity contribution in [1.82, 2.24) is 4.98 Å². The van der Waals surface area contributed by atoms with Crippen LogP contribution in [0.15, 0.2) is 22.7 Å². The molecule has 1 N–H and O–H groups in total. The number of rotatable bonds is 3. The van der Waals surface area contributed by atoms with Gasteiger partial charge in [-0.3, -0.25) is 0 Å². The molecular formula is C14H15BrN2O. The molecule has 94 valence electrons. The third-order valence-electron chi connectivity index (χ3n) is 3.38. The first-order valence-electron chi connectivity index (χ1n) is 6.09. The van der Waals surface area contributed by atoms with Gasteiger partial charge in [0.15, 0.2) is 0 Å². The highest BCUT2D eigenvalue weighted by Crippen LogP contribution is 2.43. The molecule has 1 saturated carbocycles. The van der Waals surface area contributed by atoms with Crippen LogP contribution >= 0.6 is 15.9 Å². The van der Waals surface area contributed by atoms with E-state index in [2.05, 4.69) is 27.3 Å². The van der Waals surface area contributed by atoms with Crippen LogP contribution in [0, 0.1) is 0 Å². The molecule has 4 heteroatoms. The molecule has 0 amide bonds. The van der Waals surface area contributed by atoms with Crippen LogP contribution in [0.3, 0.4) is 0 Å². The minimum Gasteiger partial charge on any atom is -0.494 e. The van der Waals surface area contributed by atoms with Gasteiger partial charge in [-0.15, -0.1) is 0 Å². The molecule has 1 aromatic carbocycles. The van der Waals surface area contributed by atoms with Crippen molar-refractivity contribution in [2.45, 2.75) is 18.8 Å². The first-order valence-corrected chi connectivity index (χ1v) is 6.88. The van der Waals surface area contributed by atoms with Crippen LogP contribution in [0.5, 0.6) is 5.75 Å². The van der Waals surface area contributed by atoms with E-state index in [1.807, 2.05) is 19.2 Å². The lowest BCUT2D eigenvalue weighted by Crippen LogP contribution is -1.98. The van der Waals surface area contributed by atoms with E-state index in [9.17, 15) is 0 Å². The van der Waals surface area contributed by atoms with Crippen LogP contribution in [-0.4, -0.2) is 19.1 Å². The van der Waals surface area contributed by atoms with Crippen LogP contribution in [0.1, 0.15) is 24.5 Å². The third kappa shape index (κ3) is 1.85. The lowest BCUT2D eigenvalue weighted by atomic mass is 10.1. The lowest BCUT2D eigenvalue weighted by molar-refractivity contribution is 0.418. The molecule has 0 spiro atoms. The average Bonchev–Trinajstić information content (AvgIpc) is 3.22. The summed E-state index contributed by atoms with van der Waals surface area (Å²) in [6.45, 7) is 0. The maximum Gasteiger partial charge on any atom is 0.145 e. The van der Waals surface area contributed by atoms with Gasteiger partial charge < -0.3 is 10.1 Å². The molecule has 1 aromatic heterocycles. The van der Waals surface area contributed by atoms with Crippen LogP contribution in [0.4, 0.5) is 5.69 Å². The number of fused-ring (bicyclic) bond motifs is 1. The van der Waals surface area contributed by atoms with E-state index in [1.165, 1.54) is 18.5 Å². The van der Waals surface area contributed by atoms with E-state index in [-0.39, 0.29) is 0 Å². The van der Waals surface area contributed by atoms with E-state index >= 15 is 0 Å². The second-order valence-corrected chi connectivity index (χ2v) is 5.45. The number of nitrogens with zero attached hydrogens (tertiary/aromatic N) is 1. The Kier molecular flexibility index (Phi) is 2.90. The van der Waals surface area contributed by atoms with Crippen LogP contribution in [0.2, 0.25) is 0 Å². The van der Waals surface area contributed by atoms with Gasteiger partial charge in [0.1, 0.15) is 11.3 Å². The van der Waals surface area contributed by atoms with Crippen molar-refractivity contribution in [2.75, 3.05) is 19.5 Å². The van der Waals surface area contributed by atoms with Gasteiger partial charge >= 0.3 is 0 Å². The Balaban J connectivity index is 2.34. The number of anilines is 1. The zero-order valence-corrected chi connectivity index (χ0v) is 12.0. The predicted octanol–water partition coefficient (Wildman–Crippen LogP) is 3.93. The Morgan fingerprint density at radius 2 is 2.17 bits per heavy atom. The topological polar surface area (TPSA) is 34.2 Å². The van der Waals surface area contributed by atoms with Crippen molar-refractivity contribution in [2.24, 2.45) is 0 Å². The smallest absolute Gasteiger partial charge is 0.145 e. The van der Waals surface area contributed by atoms with Gasteiger partial charge in [0.25, 0.3) is 0 Å². The molecule has 0 aliphatic heterocycles. The normalized spacial score (nSPS) is 14.8. The van der Waals surface area contributed by atoms with E-state index in [0.29, 0.717) is 5.92 Å². The van der Waals surface area contributed by atoms with Crippen molar-refractivity contribution in [1.29, 1.82) is 0 Å². The van der Waals surface area contributed by atoms with Crippen molar-refractivity contribution in [3.05, 3.63) is 28.4 Å². The van der Waals surface area contributed by atoms with Crippen molar-refractivity contribution in [3.63, 3.8) is 0 Å². The number of hydrogen-bond acceptors (Lipinski definition) is 3. The Bertz CT molecular complexity index is 608. The van der Waals surface area contributed by atoms with Crippen LogP contribution < -0.4 is 10.1 Å². The van der Waals surface area contributed by atoms with Crippen molar-refractivity contribution in [3.8, 4) is 5.75 Å². The molecule has 0 saturated heterocycles. The summed E-state index contributed by atoms with van der Waals surface area (Å²) in [5.74, 6) is 1.46. The lowest BCUT2D eigenvalue weighted by Gasteiger charge is -2.13. The van der Waals surface area contributed by atoms with Gasteiger partial charge in [0.2, 0.25) is 0 Å². The molecule has 1 fully saturated rings. The summed E-state index contributed by atoms with van der Waals surface area (Å²) in [5.41, 5.74) is 3.21.